The van der Waals surface area contributed by atoms with Gasteiger partial charge in [-0.3, -0.25) is 4.79 Å². The molecule has 0 radical (unpaired) electrons. The van der Waals surface area contributed by atoms with Crippen molar-refractivity contribution in [3.63, 3.8) is 0 Å². The summed E-state index contributed by atoms with van der Waals surface area (Å²) in [7, 11) is -3.73. The maximum atomic E-state index is 13.1. The number of carbonyl (C=O) groups is 1. The smallest absolute Gasteiger partial charge is 0.240 e. The van der Waals surface area contributed by atoms with Gasteiger partial charge in [0.15, 0.2) is 9.84 Å². The number of piperidine rings is 1. The number of halogens is 2. The molecule has 2 rings (SSSR count). The summed E-state index contributed by atoms with van der Waals surface area (Å²) >= 11 is 5.91. The zero-order valence-corrected chi connectivity index (χ0v) is 15.5. The highest BCUT2D eigenvalue weighted by molar-refractivity contribution is 7.92. The predicted molar refractivity (Wildman–Crippen MR) is 93.1 cm³/mol. The van der Waals surface area contributed by atoms with E-state index in [1.165, 1.54) is 19.1 Å². The minimum absolute atomic E-state index is 0.0580. The van der Waals surface area contributed by atoms with Crippen LogP contribution in [-0.4, -0.2) is 37.1 Å². The zero-order chi connectivity index (χ0) is 17.9. The van der Waals surface area contributed by atoms with Gasteiger partial charge in [-0.1, -0.05) is 24.6 Å². The number of amides is 1. The maximum Gasteiger partial charge on any atom is 0.240 e. The van der Waals surface area contributed by atoms with E-state index in [0.29, 0.717) is 12.1 Å². The second-order valence-corrected chi connectivity index (χ2v) is 9.00. The Morgan fingerprint density at radius 2 is 2.12 bits per heavy atom. The molecule has 1 amide bonds. The second kappa shape index (κ2) is 7.83. The molecule has 2 unspecified atom stereocenters. The first kappa shape index (κ1) is 19.2. The maximum absolute atomic E-state index is 13.1. The molecule has 0 aliphatic carbocycles. The Kier molecular flexibility index (Phi) is 6.26. The van der Waals surface area contributed by atoms with Crippen LogP contribution in [0.15, 0.2) is 18.2 Å². The topological polar surface area (TPSA) is 54.5 Å². The van der Waals surface area contributed by atoms with Crippen LogP contribution in [0.2, 0.25) is 5.02 Å². The lowest BCUT2D eigenvalue weighted by molar-refractivity contribution is -0.134. The number of carbonyl (C=O) groups excluding carboxylic acids is 1. The lowest BCUT2D eigenvalue weighted by atomic mass is 10.00. The Morgan fingerprint density at radius 3 is 2.75 bits per heavy atom. The first-order valence-corrected chi connectivity index (χ1v) is 10.3. The van der Waals surface area contributed by atoms with Crippen molar-refractivity contribution in [2.75, 3.05) is 6.54 Å². The van der Waals surface area contributed by atoms with Crippen LogP contribution in [-0.2, 0) is 20.4 Å². The fourth-order valence-electron chi connectivity index (χ4n) is 3.08. The van der Waals surface area contributed by atoms with Crippen molar-refractivity contribution in [1.82, 2.24) is 4.90 Å². The molecule has 0 saturated carbocycles. The van der Waals surface area contributed by atoms with Crippen molar-refractivity contribution in [2.24, 2.45) is 0 Å². The van der Waals surface area contributed by atoms with E-state index in [1.54, 1.807) is 4.90 Å². The SMILES string of the molecule is CCC1CCCCN1C(=O)C(C)S(=O)(=O)Cc1ccc(F)cc1Cl. The van der Waals surface area contributed by atoms with Gasteiger partial charge in [0.05, 0.1) is 5.75 Å². The Bertz CT molecular complexity index is 708. The highest BCUT2D eigenvalue weighted by atomic mass is 35.5. The highest BCUT2D eigenvalue weighted by Crippen LogP contribution is 2.25. The van der Waals surface area contributed by atoms with E-state index in [1.807, 2.05) is 6.92 Å². The van der Waals surface area contributed by atoms with Crippen LogP contribution in [0.1, 0.15) is 45.1 Å². The lowest BCUT2D eigenvalue weighted by Gasteiger charge is -2.36. The van der Waals surface area contributed by atoms with Gasteiger partial charge in [-0.25, -0.2) is 12.8 Å². The summed E-state index contributed by atoms with van der Waals surface area (Å²) < 4.78 is 38.3. The van der Waals surface area contributed by atoms with Gasteiger partial charge in [0.25, 0.3) is 0 Å². The zero-order valence-electron chi connectivity index (χ0n) is 14.0. The van der Waals surface area contributed by atoms with Gasteiger partial charge in [-0.2, -0.15) is 0 Å². The molecule has 1 aromatic carbocycles. The summed E-state index contributed by atoms with van der Waals surface area (Å²) in [6.45, 7) is 4.04. The summed E-state index contributed by atoms with van der Waals surface area (Å²) in [5.74, 6) is -1.24. The van der Waals surface area contributed by atoms with E-state index in [2.05, 4.69) is 0 Å². The van der Waals surface area contributed by atoms with E-state index in [-0.39, 0.29) is 22.7 Å². The standard InChI is InChI=1S/C17H23ClFNO3S/c1-3-15-6-4-5-9-20(15)17(21)12(2)24(22,23)11-13-7-8-14(19)10-16(13)18/h7-8,10,12,15H,3-6,9,11H2,1-2H3. The van der Waals surface area contributed by atoms with Gasteiger partial charge in [0.1, 0.15) is 11.1 Å². The van der Waals surface area contributed by atoms with E-state index in [4.69, 9.17) is 11.6 Å². The van der Waals surface area contributed by atoms with E-state index in [0.717, 1.165) is 31.7 Å². The Labute approximate surface area is 147 Å². The van der Waals surface area contributed by atoms with Crippen molar-refractivity contribution in [1.29, 1.82) is 0 Å². The fraction of sp³-hybridized carbons (Fsp3) is 0.588. The first-order valence-electron chi connectivity index (χ1n) is 8.22. The van der Waals surface area contributed by atoms with Crippen molar-refractivity contribution in [3.05, 3.63) is 34.6 Å². The van der Waals surface area contributed by atoms with Crippen LogP contribution in [0.5, 0.6) is 0 Å². The summed E-state index contributed by atoms with van der Waals surface area (Å²) in [6.07, 6.45) is 3.70. The average Bonchev–Trinajstić information content (AvgIpc) is 2.56. The van der Waals surface area contributed by atoms with E-state index in [9.17, 15) is 17.6 Å². The largest absolute Gasteiger partial charge is 0.339 e. The lowest BCUT2D eigenvalue weighted by Crippen LogP contribution is -2.49. The molecule has 0 spiro atoms. The molecule has 0 aromatic heterocycles. The minimum Gasteiger partial charge on any atom is -0.339 e. The van der Waals surface area contributed by atoms with Crippen LogP contribution in [0.3, 0.4) is 0 Å². The third kappa shape index (κ3) is 4.28. The van der Waals surface area contributed by atoms with Gasteiger partial charge in [-0.05, 0) is 50.3 Å². The molecule has 1 fully saturated rings. The normalized spacial score (nSPS) is 20.0. The van der Waals surface area contributed by atoms with Gasteiger partial charge in [-0.15, -0.1) is 0 Å². The summed E-state index contributed by atoms with van der Waals surface area (Å²) in [4.78, 5) is 14.4. The molecule has 24 heavy (non-hydrogen) atoms. The molecule has 1 aromatic rings. The summed E-state index contributed by atoms with van der Waals surface area (Å²) in [6, 6.07) is 3.71. The number of sulfone groups is 1. The van der Waals surface area contributed by atoms with Crippen LogP contribution in [0, 0.1) is 5.82 Å². The molecule has 0 N–H and O–H groups in total. The fourth-order valence-corrected chi connectivity index (χ4v) is 4.77. The van der Waals surface area contributed by atoms with E-state index < -0.39 is 20.9 Å². The van der Waals surface area contributed by atoms with Crippen LogP contribution < -0.4 is 0 Å². The highest BCUT2D eigenvalue weighted by Gasteiger charge is 2.35. The van der Waals surface area contributed by atoms with Crippen LogP contribution in [0.25, 0.3) is 0 Å². The molecule has 7 heteroatoms. The molecular weight excluding hydrogens is 353 g/mol. The van der Waals surface area contributed by atoms with Gasteiger partial charge >= 0.3 is 0 Å². The Morgan fingerprint density at radius 1 is 1.42 bits per heavy atom. The third-order valence-corrected chi connectivity index (χ3v) is 6.98. The molecule has 4 nitrogen and oxygen atoms in total. The van der Waals surface area contributed by atoms with Crippen molar-refractivity contribution < 1.29 is 17.6 Å². The molecule has 0 bridgehead atoms. The van der Waals surface area contributed by atoms with Gasteiger partial charge in [0, 0.05) is 17.6 Å². The molecule has 2 atom stereocenters. The van der Waals surface area contributed by atoms with Crippen LogP contribution in [0.4, 0.5) is 4.39 Å². The molecule has 1 saturated heterocycles. The quantitative estimate of drug-likeness (QED) is 0.790. The van der Waals surface area contributed by atoms with Crippen molar-refractivity contribution in [3.8, 4) is 0 Å². The summed E-state index contributed by atoms with van der Waals surface area (Å²) in [5.41, 5.74) is 0.309. The average molecular weight is 376 g/mol. The van der Waals surface area contributed by atoms with Crippen molar-refractivity contribution in [2.45, 2.75) is 56.6 Å². The number of nitrogens with zero attached hydrogens (tertiary/aromatic N) is 1. The number of hydrogen-bond donors (Lipinski definition) is 0. The number of hydrogen-bond acceptors (Lipinski definition) is 3. The third-order valence-electron chi connectivity index (χ3n) is 4.64. The number of likely N-dealkylation sites (tertiary alicyclic amines) is 1. The minimum atomic E-state index is -3.73. The molecule has 1 aliphatic heterocycles. The molecule has 1 heterocycles. The second-order valence-electron chi connectivity index (χ2n) is 6.27. The Hall–Kier alpha value is -1.14. The van der Waals surface area contributed by atoms with Gasteiger partial charge in [0.2, 0.25) is 5.91 Å². The van der Waals surface area contributed by atoms with E-state index >= 15 is 0 Å². The predicted octanol–water partition coefficient (Wildman–Crippen LogP) is 3.57. The molecular formula is C17H23ClFNO3S. The first-order chi connectivity index (χ1) is 11.3. The Balaban J connectivity index is 2.17. The molecule has 134 valence electrons. The van der Waals surface area contributed by atoms with Crippen molar-refractivity contribution >= 4 is 27.3 Å². The summed E-state index contributed by atoms with van der Waals surface area (Å²) in [5, 5.41) is -1.08. The number of rotatable bonds is 5. The monoisotopic (exact) mass is 375 g/mol. The number of benzene rings is 1. The van der Waals surface area contributed by atoms with Crippen LogP contribution >= 0.6 is 11.6 Å². The molecule has 1 aliphatic rings. The van der Waals surface area contributed by atoms with Gasteiger partial charge < -0.3 is 4.90 Å².